The number of rotatable bonds is 4. The van der Waals surface area contributed by atoms with Gasteiger partial charge in [-0.1, -0.05) is 51.8 Å². The number of halogens is 2. The van der Waals surface area contributed by atoms with Crippen molar-refractivity contribution in [2.45, 2.75) is 19.4 Å². The number of nitrogens with zero attached hydrogens (tertiary/aromatic N) is 5. The lowest BCUT2D eigenvalue weighted by atomic mass is 10.2. The molecule has 0 radical (unpaired) electrons. The van der Waals surface area contributed by atoms with Gasteiger partial charge in [-0.15, -0.1) is 10.2 Å². The molecule has 0 saturated carbocycles. The Kier molecular flexibility index (Phi) is 5.08. The summed E-state index contributed by atoms with van der Waals surface area (Å²) in [5.41, 5.74) is 1.76. The largest absolute Gasteiger partial charge is 0.341 e. The zero-order valence-electron chi connectivity index (χ0n) is 16.1. The Morgan fingerprint density at radius 2 is 1.83 bits per heavy atom. The zero-order valence-corrected chi connectivity index (χ0v) is 18.5. The lowest BCUT2D eigenvalue weighted by Gasteiger charge is -2.16. The standard InChI is InChI=1S/C22H19BrClN5O/c23-16-7-10-19-18(14-16)20(30)28(13-3-4-15-5-8-17(24)9-6-15)22-26-25-21(29(19)22)27-11-1-2-12-27/h3-10,14H,1-2,11-13H2/b4-3+. The van der Waals surface area contributed by atoms with E-state index in [1.165, 1.54) is 0 Å². The molecule has 30 heavy (non-hydrogen) atoms. The highest BCUT2D eigenvalue weighted by Crippen LogP contribution is 2.25. The van der Waals surface area contributed by atoms with E-state index in [0.717, 1.165) is 47.4 Å². The summed E-state index contributed by atoms with van der Waals surface area (Å²) in [6.45, 7) is 2.30. The van der Waals surface area contributed by atoms with Crippen LogP contribution in [-0.4, -0.2) is 32.3 Å². The molecule has 2 aromatic heterocycles. The number of hydrogen-bond donors (Lipinski definition) is 0. The maximum atomic E-state index is 13.3. The van der Waals surface area contributed by atoms with Crippen LogP contribution < -0.4 is 10.5 Å². The van der Waals surface area contributed by atoms with Crippen molar-refractivity contribution in [3.8, 4) is 0 Å². The van der Waals surface area contributed by atoms with E-state index in [0.29, 0.717) is 22.7 Å². The Balaban J connectivity index is 1.65. The molecule has 1 fully saturated rings. The fourth-order valence-electron chi connectivity index (χ4n) is 3.92. The average Bonchev–Trinajstić information content (AvgIpc) is 3.41. The summed E-state index contributed by atoms with van der Waals surface area (Å²) in [7, 11) is 0. The highest BCUT2D eigenvalue weighted by molar-refractivity contribution is 9.10. The molecule has 0 N–H and O–H groups in total. The summed E-state index contributed by atoms with van der Waals surface area (Å²) in [6, 6.07) is 13.3. The first-order valence-corrected chi connectivity index (χ1v) is 11.0. The topological polar surface area (TPSA) is 55.4 Å². The molecule has 1 aliphatic rings. The van der Waals surface area contributed by atoms with E-state index in [4.69, 9.17) is 11.6 Å². The van der Waals surface area contributed by atoms with Gasteiger partial charge in [-0.05, 0) is 48.7 Å². The minimum Gasteiger partial charge on any atom is -0.341 e. The van der Waals surface area contributed by atoms with Crippen LogP contribution in [0.15, 0.2) is 57.8 Å². The van der Waals surface area contributed by atoms with Gasteiger partial charge in [0.1, 0.15) is 0 Å². The quantitative estimate of drug-likeness (QED) is 0.418. The van der Waals surface area contributed by atoms with Crippen LogP contribution in [0.25, 0.3) is 22.8 Å². The first-order valence-electron chi connectivity index (χ1n) is 9.86. The number of aromatic nitrogens is 4. The number of hydrogen-bond acceptors (Lipinski definition) is 4. The molecule has 5 rings (SSSR count). The molecular formula is C22H19BrClN5O. The molecule has 0 spiro atoms. The van der Waals surface area contributed by atoms with Crippen molar-refractivity contribution in [2.24, 2.45) is 0 Å². The lowest BCUT2D eigenvalue weighted by Crippen LogP contribution is -2.25. The second-order valence-electron chi connectivity index (χ2n) is 7.36. The average molecular weight is 485 g/mol. The number of anilines is 1. The van der Waals surface area contributed by atoms with Gasteiger partial charge < -0.3 is 4.90 Å². The summed E-state index contributed by atoms with van der Waals surface area (Å²) in [5, 5.41) is 10.2. The predicted molar refractivity (Wildman–Crippen MR) is 124 cm³/mol. The molecule has 152 valence electrons. The van der Waals surface area contributed by atoms with Crippen molar-refractivity contribution in [2.75, 3.05) is 18.0 Å². The number of allylic oxidation sites excluding steroid dienone is 1. The van der Waals surface area contributed by atoms with Gasteiger partial charge in [-0.2, -0.15) is 0 Å². The van der Waals surface area contributed by atoms with Gasteiger partial charge in [0.05, 0.1) is 10.9 Å². The highest BCUT2D eigenvalue weighted by atomic mass is 79.9. The van der Waals surface area contributed by atoms with E-state index >= 15 is 0 Å². The number of fused-ring (bicyclic) bond motifs is 3. The molecule has 0 amide bonds. The Hall–Kier alpha value is -2.64. The van der Waals surface area contributed by atoms with Crippen LogP contribution in [0.3, 0.4) is 0 Å². The van der Waals surface area contributed by atoms with Gasteiger partial charge in [-0.3, -0.25) is 9.36 Å². The van der Waals surface area contributed by atoms with Crippen molar-refractivity contribution in [1.82, 2.24) is 19.2 Å². The normalized spacial score (nSPS) is 14.5. The van der Waals surface area contributed by atoms with Gasteiger partial charge in [0.2, 0.25) is 11.7 Å². The molecule has 0 unspecified atom stereocenters. The Bertz CT molecular complexity index is 1320. The Morgan fingerprint density at radius 3 is 2.60 bits per heavy atom. The van der Waals surface area contributed by atoms with Crippen LogP contribution >= 0.6 is 27.5 Å². The minimum absolute atomic E-state index is 0.0834. The fourth-order valence-corrected chi connectivity index (χ4v) is 4.41. The summed E-state index contributed by atoms with van der Waals surface area (Å²) < 4.78 is 4.55. The molecule has 8 heteroatoms. The first-order chi connectivity index (χ1) is 14.6. The second kappa shape index (κ2) is 7.89. The SMILES string of the molecule is O=c1c2cc(Br)ccc2n2c(N3CCCC3)nnc2n1C/C=C/c1ccc(Cl)cc1. The first kappa shape index (κ1) is 19.3. The molecular weight excluding hydrogens is 466 g/mol. The van der Waals surface area contributed by atoms with Crippen LogP contribution in [0.2, 0.25) is 5.02 Å². The maximum absolute atomic E-state index is 13.3. The third-order valence-corrected chi connectivity index (χ3v) is 6.15. The summed E-state index contributed by atoms with van der Waals surface area (Å²) in [6.07, 6.45) is 6.21. The van der Waals surface area contributed by atoms with Crippen LogP contribution in [0.5, 0.6) is 0 Å². The van der Waals surface area contributed by atoms with Crippen molar-refractivity contribution < 1.29 is 0 Å². The summed E-state index contributed by atoms with van der Waals surface area (Å²) >= 11 is 9.45. The van der Waals surface area contributed by atoms with Gasteiger partial charge in [0.15, 0.2) is 0 Å². The third kappa shape index (κ3) is 3.42. The summed E-state index contributed by atoms with van der Waals surface area (Å²) in [5.74, 6) is 1.35. The molecule has 0 atom stereocenters. The van der Waals surface area contributed by atoms with Crippen molar-refractivity contribution >= 4 is 56.2 Å². The predicted octanol–water partition coefficient (Wildman–Crippen LogP) is 4.77. The molecule has 1 saturated heterocycles. The second-order valence-corrected chi connectivity index (χ2v) is 8.71. The molecule has 0 aliphatic carbocycles. The third-order valence-electron chi connectivity index (χ3n) is 5.40. The molecule has 3 heterocycles. The maximum Gasteiger partial charge on any atom is 0.263 e. The van der Waals surface area contributed by atoms with Gasteiger partial charge in [0, 0.05) is 29.1 Å². The van der Waals surface area contributed by atoms with Crippen LogP contribution in [0.1, 0.15) is 18.4 Å². The van der Waals surface area contributed by atoms with E-state index in [1.807, 2.05) is 59.0 Å². The van der Waals surface area contributed by atoms with Crippen LogP contribution in [0.4, 0.5) is 5.95 Å². The fraction of sp³-hybridized carbons (Fsp3) is 0.227. The molecule has 0 bridgehead atoms. The minimum atomic E-state index is -0.0834. The Labute approximate surface area is 186 Å². The zero-order chi connectivity index (χ0) is 20.7. The molecule has 4 aromatic rings. The van der Waals surface area contributed by atoms with Gasteiger partial charge in [-0.25, -0.2) is 4.40 Å². The van der Waals surface area contributed by atoms with Crippen molar-refractivity contribution in [1.29, 1.82) is 0 Å². The van der Waals surface area contributed by atoms with Gasteiger partial charge >= 0.3 is 0 Å². The van der Waals surface area contributed by atoms with Crippen molar-refractivity contribution in [3.63, 3.8) is 0 Å². The van der Waals surface area contributed by atoms with Gasteiger partial charge in [0.25, 0.3) is 5.56 Å². The van der Waals surface area contributed by atoms with Crippen molar-refractivity contribution in [3.05, 3.63) is 74.0 Å². The molecule has 2 aromatic carbocycles. The number of benzene rings is 2. The van der Waals surface area contributed by atoms with E-state index < -0.39 is 0 Å². The molecule has 1 aliphatic heterocycles. The molecule has 6 nitrogen and oxygen atoms in total. The highest BCUT2D eigenvalue weighted by Gasteiger charge is 2.22. The van der Waals surface area contributed by atoms with E-state index in [-0.39, 0.29) is 5.56 Å². The van der Waals surface area contributed by atoms with Crippen LogP contribution in [0, 0.1) is 0 Å². The van der Waals surface area contributed by atoms with E-state index in [9.17, 15) is 4.79 Å². The van der Waals surface area contributed by atoms with Crippen LogP contribution in [-0.2, 0) is 6.54 Å². The summed E-state index contributed by atoms with van der Waals surface area (Å²) in [4.78, 5) is 15.5. The van der Waals surface area contributed by atoms with E-state index in [1.54, 1.807) is 4.57 Å². The smallest absolute Gasteiger partial charge is 0.263 e. The Morgan fingerprint density at radius 1 is 1.07 bits per heavy atom. The lowest BCUT2D eigenvalue weighted by molar-refractivity contribution is 0.786. The van der Waals surface area contributed by atoms with E-state index in [2.05, 4.69) is 31.0 Å². The monoisotopic (exact) mass is 483 g/mol.